The first-order valence-corrected chi connectivity index (χ1v) is 21.0. The molecule has 0 saturated carbocycles. The van der Waals surface area contributed by atoms with Crippen LogP contribution < -0.4 is 0 Å². The van der Waals surface area contributed by atoms with Crippen LogP contribution in [0.2, 0.25) is 0 Å². The lowest BCUT2D eigenvalue weighted by Crippen LogP contribution is -2.29. The van der Waals surface area contributed by atoms with Gasteiger partial charge in [0.05, 0.1) is 16.4 Å². The first-order chi connectivity index (χ1) is 30.3. The van der Waals surface area contributed by atoms with Crippen LogP contribution in [0.15, 0.2) is 241 Å². The summed E-state index contributed by atoms with van der Waals surface area (Å²) in [5.74, 6) is 1.78. The van der Waals surface area contributed by atoms with Crippen LogP contribution in [-0.2, 0) is 5.41 Å². The number of rotatable bonds is 7. The number of hydrogen-bond donors (Lipinski definition) is 0. The smallest absolute Gasteiger partial charge is 0.142 e. The number of para-hydroxylation sites is 1. The van der Waals surface area contributed by atoms with Gasteiger partial charge in [-0.15, -0.1) is 0 Å². The van der Waals surface area contributed by atoms with E-state index in [0.29, 0.717) is 0 Å². The van der Waals surface area contributed by atoms with Gasteiger partial charge >= 0.3 is 0 Å². The summed E-state index contributed by atoms with van der Waals surface area (Å²) >= 11 is 0. The molecule has 2 aromatic heterocycles. The van der Waals surface area contributed by atoms with Crippen LogP contribution in [0.1, 0.15) is 22.3 Å². The molecule has 0 unspecified atom stereocenters. The van der Waals surface area contributed by atoms with Gasteiger partial charge in [-0.05, 0) is 87.0 Å². The number of benzene rings is 9. The van der Waals surface area contributed by atoms with Gasteiger partial charge in [-0.1, -0.05) is 194 Å². The summed E-state index contributed by atoms with van der Waals surface area (Å²) in [5, 5.41) is 2.45. The molecule has 0 spiro atoms. The van der Waals surface area contributed by atoms with Crippen LogP contribution >= 0.6 is 0 Å². The van der Waals surface area contributed by atoms with Crippen molar-refractivity contribution in [1.82, 2.24) is 4.57 Å². The first-order valence-electron chi connectivity index (χ1n) is 21.0. The summed E-state index contributed by atoms with van der Waals surface area (Å²) < 4.78 is 9.60. The second kappa shape index (κ2) is 14.1. The summed E-state index contributed by atoms with van der Waals surface area (Å²) in [4.78, 5) is 0. The van der Waals surface area contributed by atoms with E-state index in [-0.39, 0.29) is 0 Å². The van der Waals surface area contributed by atoms with E-state index in [9.17, 15) is 0 Å². The van der Waals surface area contributed by atoms with Crippen molar-refractivity contribution in [2.24, 2.45) is 0 Å². The van der Waals surface area contributed by atoms with E-state index in [0.717, 1.165) is 33.9 Å². The van der Waals surface area contributed by atoms with Crippen LogP contribution in [-0.4, -0.2) is 4.57 Å². The quantitative estimate of drug-likeness (QED) is 0.158. The van der Waals surface area contributed by atoms with Crippen LogP contribution in [0.4, 0.5) is 0 Å². The maximum atomic E-state index is 7.20. The topological polar surface area (TPSA) is 18.1 Å². The fraction of sp³-hybridized carbons (Fsp3) is 0.0169. The molecular weight excluding hydrogens is 739 g/mol. The third kappa shape index (κ3) is 5.43. The molecule has 11 aromatic rings. The molecule has 61 heavy (non-hydrogen) atoms. The number of furan rings is 1. The van der Waals surface area contributed by atoms with E-state index in [1.165, 1.54) is 71.9 Å². The zero-order valence-corrected chi connectivity index (χ0v) is 33.4. The predicted octanol–water partition coefficient (Wildman–Crippen LogP) is 15.4. The molecule has 2 heterocycles. The average molecular weight is 778 g/mol. The van der Waals surface area contributed by atoms with Gasteiger partial charge < -0.3 is 8.98 Å². The molecule has 0 radical (unpaired) electrons. The van der Waals surface area contributed by atoms with Gasteiger partial charge in [0.2, 0.25) is 0 Å². The number of fused-ring (bicyclic) bond motifs is 6. The van der Waals surface area contributed by atoms with Gasteiger partial charge in [0, 0.05) is 38.7 Å². The van der Waals surface area contributed by atoms with Crippen molar-refractivity contribution in [2.45, 2.75) is 5.41 Å². The molecular formula is C59H39NO. The Labute approximate surface area is 355 Å². The molecule has 0 saturated heterocycles. The maximum absolute atomic E-state index is 7.20. The molecule has 12 rings (SSSR count). The maximum Gasteiger partial charge on any atom is 0.142 e. The van der Waals surface area contributed by atoms with E-state index in [1.807, 2.05) is 0 Å². The highest BCUT2D eigenvalue weighted by molar-refractivity contribution is 6.12. The number of hydrogen-bond acceptors (Lipinski definition) is 1. The second-order valence-corrected chi connectivity index (χ2v) is 16.0. The Bertz CT molecular complexity index is 3330. The van der Waals surface area contributed by atoms with Gasteiger partial charge in [0.1, 0.15) is 11.5 Å². The second-order valence-electron chi connectivity index (χ2n) is 16.0. The summed E-state index contributed by atoms with van der Waals surface area (Å²) in [5.41, 5.74) is 16.9. The van der Waals surface area contributed by atoms with Crippen molar-refractivity contribution in [2.75, 3.05) is 0 Å². The lowest BCUT2D eigenvalue weighted by Gasteiger charge is -2.34. The third-order valence-electron chi connectivity index (χ3n) is 12.7. The van der Waals surface area contributed by atoms with Crippen molar-refractivity contribution in [3.63, 3.8) is 0 Å². The lowest BCUT2D eigenvalue weighted by molar-refractivity contribution is 0.587. The Morgan fingerprint density at radius 2 is 0.770 bits per heavy atom. The van der Waals surface area contributed by atoms with Crippen molar-refractivity contribution >= 4 is 21.8 Å². The van der Waals surface area contributed by atoms with E-state index >= 15 is 0 Å². The van der Waals surface area contributed by atoms with Crippen molar-refractivity contribution < 1.29 is 4.42 Å². The highest BCUT2D eigenvalue weighted by atomic mass is 16.3. The third-order valence-corrected chi connectivity index (χ3v) is 12.7. The SMILES string of the molecule is c1ccc(-c2ccc3c(c2)c2cc(-c4ccc5c(c4)C(c4ccccc4)(c4ccccc4)c4c(-c6ccccc6)oc(-c6ccccc6)c4-5)ccc2n3-c2ccccc2)cc1. The van der Waals surface area contributed by atoms with E-state index in [4.69, 9.17) is 4.42 Å². The monoisotopic (exact) mass is 777 g/mol. The van der Waals surface area contributed by atoms with Crippen LogP contribution in [0.5, 0.6) is 0 Å². The van der Waals surface area contributed by atoms with Gasteiger partial charge in [0.25, 0.3) is 0 Å². The average Bonchev–Trinajstić information content (AvgIpc) is 3.99. The molecule has 1 aliphatic carbocycles. The molecule has 0 N–H and O–H groups in total. The molecule has 0 bridgehead atoms. The Balaban J connectivity index is 1.15. The Hall–Kier alpha value is -7.94. The summed E-state index contributed by atoms with van der Waals surface area (Å²) in [7, 11) is 0. The van der Waals surface area contributed by atoms with E-state index in [1.54, 1.807) is 0 Å². The van der Waals surface area contributed by atoms with Crippen LogP contribution in [0.3, 0.4) is 0 Å². The lowest BCUT2D eigenvalue weighted by atomic mass is 9.67. The minimum absolute atomic E-state index is 0.678. The standard InChI is InChI=1S/C59H39NO/c1-7-19-40(20-8-1)43-32-35-53-50(37-43)51-38-44(33-36-54(51)60(53)48-29-17-6-18-30-48)45-31-34-49-52(39-45)59(46-25-13-4-14-26-46,47-27-15-5-16-28-47)56-55(49)57(41-21-9-2-10-22-41)61-58(56)42-23-11-3-12-24-42/h1-39H. The van der Waals surface area contributed by atoms with Gasteiger partial charge in [0.15, 0.2) is 0 Å². The van der Waals surface area contributed by atoms with Crippen LogP contribution in [0, 0.1) is 0 Å². The minimum atomic E-state index is -0.678. The Kier molecular flexibility index (Phi) is 8.11. The zero-order chi connectivity index (χ0) is 40.3. The van der Waals surface area contributed by atoms with Gasteiger partial charge in [-0.2, -0.15) is 0 Å². The number of aromatic nitrogens is 1. The molecule has 0 atom stereocenters. The van der Waals surface area contributed by atoms with E-state index in [2.05, 4.69) is 241 Å². The molecule has 9 aromatic carbocycles. The fourth-order valence-corrected chi connectivity index (χ4v) is 10.0. The van der Waals surface area contributed by atoms with Crippen molar-refractivity contribution in [3.8, 4) is 61.7 Å². The summed E-state index contributed by atoms with van der Waals surface area (Å²) in [6.07, 6.45) is 0. The molecule has 286 valence electrons. The van der Waals surface area contributed by atoms with Gasteiger partial charge in [-0.3, -0.25) is 0 Å². The normalized spacial score (nSPS) is 12.7. The first kappa shape index (κ1) is 35.0. The Morgan fingerprint density at radius 3 is 1.31 bits per heavy atom. The molecule has 0 aliphatic heterocycles. The van der Waals surface area contributed by atoms with Crippen molar-refractivity contribution in [3.05, 3.63) is 259 Å². The fourth-order valence-electron chi connectivity index (χ4n) is 10.0. The highest BCUT2D eigenvalue weighted by Crippen LogP contribution is 2.62. The van der Waals surface area contributed by atoms with Crippen LogP contribution in [0.25, 0.3) is 83.5 Å². The highest BCUT2D eigenvalue weighted by Gasteiger charge is 2.51. The Morgan fingerprint density at radius 1 is 0.344 bits per heavy atom. The molecule has 2 nitrogen and oxygen atoms in total. The van der Waals surface area contributed by atoms with Gasteiger partial charge in [-0.25, -0.2) is 0 Å². The predicted molar refractivity (Wildman–Crippen MR) is 252 cm³/mol. The zero-order valence-electron chi connectivity index (χ0n) is 33.4. The van der Waals surface area contributed by atoms with E-state index < -0.39 is 5.41 Å². The summed E-state index contributed by atoms with van der Waals surface area (Å²) in [6, 6.07) is 85.7. The molecule has 2 heteroatoms. The molecule has 0 amide bonds. The minimum Gasteiger partial charge on any atom is -0.455 e. The molecule has 0 fully saturated rings. The number of nitrogens with zero attached hydrogens (tertiary/aromatic N) is 1. The molecule has 1 aliphatic rings. The van der Waals surface area contributed by atoms with Crippen molar-refractivity contribution in [1.29, 1.82) is 0 Å². The summed E-state index contributed by atoms with van der Waals surface area (Å²) in [6.45, 7) is 0. The largest absolute Gasteiger partial charge is 0.455 e.